The summed E-state index contributed by atoms with van der Waals surface area (Å²) in [7, 11) is -3.66. The summed E-state index contributed by atoms with van der Waals surface area (Å²) in [5.41, 5.74) is 1.59. The summed E-state index contributed by atoms with van der Waals surface area (Å²) in [6.45, 7) is 1.96. The molecule has 0 radical (unpaired) electrons. The lowest BCUT2D eigenvalue weighted by Crippen LogP contribution is -2.40. The average molecular weight is 484 g/mol. The minimum Gasteiger partial charge on any atom is -0.379 e. The SMILES string of the molecule is O=C(CNc1ccc2nc3n(c(=O)c2c1)CCC3)Nc1cccc(S(=O)(=O)N2CCOCC2)c1. The zero-order valence-corrected chi connectivity index (χ0v) is 19.3. The van der Waals surface area contributed by atoms with Crippen molar-refractivity contribution in [3.63, 3.8) is 0 Å². The first-order valence-electron chi connectivity index (χ1n) is 11.2. The van der Waals surface area contributed by atoms with Gasteiger partial charge in [-0.15, -0.1) is 0 Å². The molecule has 1 aromatic heterocycles. The van der Waals surface area contributed by atoms with Crippen LogP contribution in [0.5, 0.6) is 0 Å². The third-order valence-corrected chi connectivity index (χ3v) is 7.89. The number of benzene rings is 2. The highest BCUT2D eigenvalue weighted by Crippen LogP contribution is 2.21. The van der Waals surface area contributed by atoms with Crippen LogP contribution in [0.15, 0.2) is 52.2 Å². The summed E-state index contributed by atoms with van der Waals surface area (Å²) in [5, 5.41) is 6.25. The molecule has 1 amide bonds. The van der Waals surface area contributed by atoms with Gasteiger partial charge in [-0.3, -0.25) is 14.2 Å². The number of aryl methyl sites for hydroxylation is 1. The number of sulfonamides is 1. The van der Waals surface area contributed by atoms with E-state index in [2.05, 4.69) is 15.6 Å². The highest BCUT2D eigenvalue weighted by Gasteiger charge is 2.26. The number of aromatic nitrogens is 2. The van der Waals surface area contributed by atoms with Crippen molar-refractivity contribution in [1.29, 1.82) is 0 Å². The zero-order chi connectivity index (χ0) is 23.7. The molecular weight excluding hydrogens is 458 g/mol. The minimum atomic E-state index is -3.66. The van der Waals surface area contributed by atoms with E-state index in [0.717, 1.165) is 18.7 Å². The Morgan fingerprint density at radius 1 is 1.06 bits per heavy atom. The number of ether oxygens (including phenoxy) is 1. The molecule has 0 aliphatic carbocycles. The Bertz CT molecular complexity index is 1410. The van der Waals surface area contributed by atoms with Crippen LogP contribution in [0.1, 0.15) is 12.2 Å². The lowest BCUT2D eigenvalue weighted by atomic mass is 10.2. The monoisotopic (exact) mass is 483 g/mol. The molecular formula is C23H25N5O5S. The molecule has 2 N–H and O–H groups in total. The molecule has 1 fully saturated rings. The number of rotatable bonds is 6. The van der Waals surface area contributed by atoms with E-state index in [-0.39, 0.29) is 22.9 Å². The summed E-state index contributed by atoms with van der Waals surface area (Å²) in [4.78, 5) is 29.9. The van der Waals surface area contributed by atoms with Crippen molar-refractivity contribution in [3.8, 4) is 0 Å². The Hall–Kier alpha value is -3.28. The number of carbonyl (C=O) groups excluding carboxylic acids is 1. The van der Waals surface area contributed by atoms with Crippen molar-refractivity contribution in [3.05, 3.63) is 58.6 Å². The standard InChI is InChI=1S/C23H25N5O5S/c29-22(25-17-3-1-4-18(13-17)34(31,32)27-9-11-33-12-10-27)15-24-16-6-7-20-19(14-16)23(30)28-8-2-5-21(28)26-20/h1,3-4,6-7,13-14,24H,2,5,8-12,15H2,(H,25,29). The number of hydrogen-bond donors (Lipinski definition) is 2. The predicted octanol–water partition coefficient (Wildman–Crippen LogP) is 1.41. The number of nitrogens with zero attached hydrogens (tertiary/aromatic N) is 3. The Balaban J connectivity index is 1.26. The van der Waals surface area contributed by atoms with Crippen molar-refractivity contribution < 1.29 is 17.9 Å². The van der Waals surface area contributed by atoms with Crippen molar-refractivity contribution in [2.24, 2.45) is 0 Å². The van der Waals surface area contributed by atoms with Crippen LogP contribution in [-0.4, -0.2) is 61.0 Å². The van der Waals surface area contributed by atoms with E-state index in [0.29, 0.717) is 55.1 Å². The van der Waals surface area contributed by atoms with Gasteiger partial charge in [0.2, 0.25) is 15.9 Å². The minimum absolute atomic E-state index is 0.0499. The van der Waals surface area contributed by atoms with Crippen molar-refractivity contribution in [1.82, 2.24) is 13.9 Å². The van der Waals surface area contributed by atoms with Gasteiger partial charge in [-0.1, -0.05) is 6.07 Å². The third-order valence-electron chi connectivity index (χ3n) is 5.99. The molecule has 3 aromatic rings. The number of carbonyl (C=O) groups is 1. The summed E-state index contributed by atoms with van der Waals surface area (Å²) in [5.74, 6) is 0.472. The van der Waals surface area contributed by atoms with E-state index >= 15 is 0 Å². The second-order valence-corrected chi connectivity index (χ2v) is 10.2. The fraction of sp³-hybridized carbons (Fsp3) is 0.348. The van der Waals surface area contributed by atoms with Crippen LogP contribution in [0.25, 0.3) is 10.9 Å². The van der Waals surface area contributed by atoms with E-state index in [1.807, 2.05) is 0 Å². The van der Waals surface area contributed by atoms with Crippen LogP contribution in [0, 0.1) is 0 Å². The van der Waals surface area contributed by atoms with Crippen LogP contribution in [0.3, 0.4) is 0 Å². The van der Waals surface area contributed by atoms with Crippen molar-refractivity contribution in [2.45, 2.75) is 24.3 Å². The lowest BCUT2D eigenvalue weighted by Gasteiger charge is -2.26. The molecule has 5 rings (SSSR count). The van der Waals surface area contributed by atoms with Gasteiger partial charge >= 0.3 is 0 Å². The molecule has 2 aliphatic rings. The number of anilines is 2. The van der Waals surface area contributed by atoms with Crippen LogP contribution < -0.4 is 16.2 Å². The molecule has 0 unspecified atom stereocenters. The quantitative estimate of drug-likeness (QED) is 0.544. The normalized spacial score (nSPS) is 16.4. The predicted molar refractivity (Wildman–Crippen MR) is 127 cm³/mol. The summed E-state index contributed by atoms with van der Waals surface area (Å²) >= 11 is 0. The second-order valence-electron chi connectivity index (χ2n) is 8.27. The number of fused-ring (bicyclic) bond motifs is 2. The first kappa shape index (κ1) is 22.5. The van der Waals surface area contributed by atoms with Crippen LogP contribution in [-0.2, 0) is 32.5 Å². The Labute approximate surface area is 196 Å². The highest BCUT2D eigenvalue weighted by atomic mass is 32.2. The highest BCUT2D eigenvalue weighted by molar-refractivity contribution is 7.89. The van der Waals surface area contributed by atoms with Gasteiger partial charge in [0.1, 0.15) is 5.82 Å². The van der Waals surface area contributed by atoms with Crippen molar-refractivity contribution in [2.75, 3.05) is 43.5 Å². The first-order valence-corrected chi connectivity index (χ1v) is 12.6. The van der Waals surface area contributed by atoms with E-state index < -0.39 is 10.0 Å². The smallest absolute Gasteiger partial charge is 0.261 e. The van der Waals surface area contributed by atoms with Gasteiger partial charge < -0.3 is 15.4 Å². The fourth-order valence-electron chi connectivity index (χ4n) is 4.25. The maximum Gasteiger partial charge on any atom is 0.261 e. The van der Waals surface area contributed by atoms with Gasteiger partial charge in [0.05, 0.1) is 35.6 Å². The number of amides is 1. The molecule has 0 bridgehead atoms. The lowest BCUT2D eigenvalue weighted by molar-refractivity contribution is -0.114. The maximum atomic E-state index is 12.9. The molecule has 10 nitrogen and oxygen atoms in total. The first-order chi connectivity index (χ1) is 16.4. The molecule has 0 spiro atoms. The number of hydrogen-bond acceptors (Lipinski definition) is 7. The van der Waals surface area contributed by atoms with E-state index in [4.69, 9.17) is 4.74 Å². The molecule has 3 heterocycles. The Kier molecular flexibility index (Phi) is 6.07. The van der Waals surface area contributed by atoms with Gasteiger partial charge in [-0.2, -0.15) is 4.31 Å². The topological polar surface area (TPSA) is 123 Å². The van der Waals surface area contributed by atoms with Gasteiger partial charge in [0.15, 0.2) is 0 Å². The zero-order valence-electron chi connectivity index (χ0n) is 18.5. The molecule has 0 saturated carbocycles. The van der Waals surface area contributed by atoms with Crippen LogP contribution in [0.2, 0.25) is 0 Å². The van der Waals surface area contributed by atoms with E-state index in [9.17, 15) is 18.0 Å². The maximum absolute atomic E-state index is 12.9. The van der Waals surface area contributed by atoms with Gasteiger partial charge in [-0.25, -0.2) is 13.4 Å². The van der Waals surface area contributed by atoms with Crippen LogP contribution >= 0.6 is 0 Å². The second kappa shape index (κ2) is 9.16. The fourth-order valence-corrected chi connectivity index (χ4v) is 5.71. The third kappa shape index (κ3) is 4.41. The average Bonchev–Trinajstić information content (AvgIpc) is 3.33. The molecule has 11 heteroatoms. The number of nitrogens with one attached hydrogen (secondary N) is 2. The van der Waals surface area contributed by atoms with Gasteiger partial charge in [0, 0.05) is 37.4 Å². The van der Waals surface area contributed by atoms with E-state index in [1.54, 1.807) is 34.9 Å². The van der Waals surface area contributed by atoms with Crippen LogP contribution in [0.4, 0.5) is 11.4 Å². The molecule has 178 valence electrons. The summed E-state index contributed by atoms with van der Waals surface area (Å²) in [6, 6.07) is 11.5. The number of morpholine rings is 1. The molecule has 2 aromatic carbocycles. The summed E-state index contributed by atoms with van der Waals surface area (Å²) in [6.07, 6.45) is 1.72. The van der Waals surface area contributed by atoms with Crippen molar-refractivity contribution >= 4 is 38.2 Å². The Morgan fingerprint density at radius 3 is 2.71 bits per heavy atom. The molecule has 34 heavy (non-hydrogen) atoms. The van der Waals surface area contributed by atoms with Gasteiger partial charge in [-0.05, 0) is 42.8 Å². The molecule has 2 aliphatic heterocycles. The molecule has 0 atom stereocenters. The summed E-state index contributed by atoms with van der Waals surface area (Å²) < 4.78 is 34.0. The largest absolute Gasteiger partial charge is 0.379 e. The Morgan fingerprint density at radius 2 is 1.88 bits per heavy atom. The molecule has 1 saturated heterocycles. The van der Waals surface area contributed by atoms with E-state index in [1.165, 1.54) is 16.4 Å². The van der Waals surface area contributed by atoms with Gasteiger partial charge in [0.25, 0.3) is 5.56 Å².